The molecule has 3 N–H and O–H groups in total. The van der Waals surface area contributed by atoms with E-state index in [4.69, 9.17) is 0 Å². The Morgan fingerprint density at radius 2 is 2.00 bits per heavy atom. The molecule has 5 nitrogen and oxygen atoms in total. The summed E-state index contributed by atoms with van der Waals surface area (Å²) in [6.07, 6.45) is 1.66. The predicted molar refractivity (Wildman–Crippen MR) is 81.9 cm³/mol. The van der Waals surface area contributed by atoms with Gasteiger partial charge in [0.25, 0.3) is 5.91 Å². The van der Waals surface area contributed by atoms with Crippen molar-refractivity contribution in [2.75, 3.05) is 19.6 Å². The van der Waals surface area contributed by atoms with Gasteiger partial charge in [0.05, 0.1) is 5.56 Å². The molecule has 1 aliphatic heterocycles. The highest BCUT2D eigenvalue weighted by atomic mass is 19.1. The molecule has 1 aromatic rings. The molecular formula is C16H22FN3O2. The average molecular weight is 307 g/mol. The van der Waals surface area contributed by atoms with Gasteiger partial charge in [-0.15, -0.1) is 0 Å². The van der Waals surface area contributed by atoms with Gasteiger partial charge in [-0.1, -0.05) is 12.1 Å². The van der Waals surface area contributed by atoms with Crippen LogP contribution in [0.4, 0.5) is 4.39 Å². The minimum atomic E-state index is -0.548. The molecule has 1 fully saturated rings. The van der Waals surface area contributed by atoms with E-state index < -0.39 is 11.7 Å². The first-order chi connectivity index (χ1) is 10.6. The maximum absolute atomic E-state index is 13.4. The van der Waals surface area contributed by atoms with Gasteiger partial charge in [-0.3, -0.25) is 9.59 Å². The fourth-order valence-electron chi connectivity index (χ4n) is 2.62. The Hall–Kier alpha value is -1.95. The quantitative estimate of drug-likeness (QED) is 0.712. The third-order valence-corrected chi connectivity index (χ3v) is 3.82. The second-order valence-electron chi connectivity index (χ2n) is 5.60. The highest BCUT2D eigenvalue weighted by Gasteiger charge is 2.24. The maximum atomic E-state index is 13.4. The van der Waals surface area contributed by atoms with E-state index >= 15 is 0 Å². The van der Waals surface area contributed by atoms with Gasteiger partial charge in [0.2, 0.25) is 5.91 Å². The minimum Gasteiger partial charge on any atom is -0.354 e. The number of halogens is 1. The van der Waals surface area contributed by atoms with Crippen LogP contribution in [0.3, 0.4) is 0 Å². The van der Waals surface area contributed by atoms with E-state index in [1.165, 1.54) is 18.2 Å². The Balaban J connectivity index is 1.69. The van der Waals surface area contributed by atoms with Crippen molar-refractivity contribution in [2.24, 2.45) is 5.92 Å². The standard InChI is InChI=1S/C16H22FN3O2/c1-11-10-12(6-7-18-11)15(21)19-8-9-20-16(22)13-4-2-3-5-14(13)17/h2-5,11-12,18H,6-10H2,1H3,(H,19,21)(H,20,22)/t11-,12-/m0/s1. The van der Waals surface area contributed by atoms with Crippen LogP contribution in [0.25, 0.3) is 0 Å². The molecule has 22 heavy (non-hydrogen) atoms. The van der Waals surface area contributed by atoms with Gasteiger partial charge in [-0.05, 0) is 38.4 Å². The van der Waals surface area contributed by atoms with Gasteiger partial charge in [0.15, 0.2) is 0 Å². The van der Waals surface area contributed by atoms with Crippen LogP contribution in [0.5, 0.6) is 0 Å². The minimum absolute atomic E-state index is 0.0148. The van der Waals surface area contributed by atoms with Gasteiger partial charge in [-0.25, -0.2) is 4.39 Å². The second kappa shape index (κ2) is 7.89. The molecule has 0 saturated carbocycles. The van der Waals surface area contributed by atoms with Crippen molar-refractivity contribution in [3.8, 4) is 0 Å². The lowest BCUT2D eigenvalue weighted by Gasteiger charge is -2.27. The highest BCUT2D eigenvalue weighted by molar-refractivity contribution is 5.94. The molecule has 2 rings (SSSR count). The van der Waals surface area contributed by atoms with Crippen LogP contribution in [0.1, 0.15) is 30.1 Å². The first kappa shape index (κ1) is 16.4. The summed E-state index contributed by atoms with van der Waals surface area (Å²) in [5.74, 6) is -0.970. The Bertz CT molecular complexity index is 536. The molecule has 1 aromatic carbocycles. The number of hydrogen-bond donors (Lipinski definition) is 3. The molecule has 0 aromatic heterocycles. The lowest BCUT2D eigenvalue weighted by Crippen LogP contribution is -2.44. The molecule has 1 saturated heterocycles. The average Bonchev–Trinajstić information content (AvgIpc) is 2.51. The predicted octanol–water partition coefficient (Wildman–Crippen LogP) is 1.06. The third-order valence-electron chi connectivity index (χ3n) is 3.82. The van der Waals surface area contributed by atoms with Crippen LogP contribution in [0.2, 0.25) is 0 Å². The lowest BCUT2D eigenvalue weighted by atomic mass is 9.92. The van der Waals surface area contributed by atoms with E-state index in [1.54, 1.807) is 6.07 Å². The van der Waals surface area contributed by atoms with Crippen LogP contribution in [0.15, 0.2) is 24.3 Å². The Labute approximate surface area is 129 Å². The van der Waals surface area contributed by atoms with Crippen molar-refractivity contribution < 1.29 is 14.0 Å². The van der Waals surface area contributed by atoms with Crippen LogP contribution in [0, 0.1) is 11.7 Å². The zero-order valence-electron chi connectivity index (χ0n) is 12.7. The fourth-order valence-corrected chi connectivity index (χ4v) is 2.62. The van der Waals surface area contributed by atoms with Crippen molar-refractivity contribution >= 4 is 11.8 Å². The van der Waals surface area contributed by atoms with E-state index in [1.807, 2.05) is 0 Å². The normalized spacial score (nSPS) is 21.2. The Kier molecular flexibility index (Phi) is 5.89. The third kappa shape index (κ3) is 4.53. The van der Waals surface area contributed by atoms with Crippen molar-refractivity contribution in [1.29, 1.82) is 0 Å². The van der Waals surface area contributed by atoms with Crippen LogP contribution < -0.4 is 16.0 Å². The van der Waals surface area contributed by atoms with E-state index in [0.29, 0.717) is 12.6 Å². The number of benzene rings is 1. The molecule has 0 aliphatic carbocycles. The largest absolute Gasteiger partial charge is 0.354 e. The van der Waals surface area contributed by atoms with Crippen molar-refractivity contribution in [1.82, 2.24) is 16.0 Å². The summed E-state index contributed by atoms with van der Waals surface area (Å²) in [6, 6.07) is 6.17. The number of carbonyl (C=O) groups excluding carboxylic acids is 2. The summed E-state index contributed by atoms with van der Waals surface area (Å²) < 4.78 is 13.4. The van der Waals surface area contributed by atoms with E-state index in [2.05, 4.69) is 22.9 Å². The summed E-state index contributed by atoms with van der Waals surface area (Å²) in [7, 11) is 0. The van der Waals surface area contributed by atoms with Crippen LogP contribution in [-0.2, 0) is 4.79 Å². The Morgan fingerprint density at radius 1 is 1.27 bits per heavy atom. The van der Waals surface area contributed by atoms with Crippen LogP contribution in [-0.4, -0.2) is 37.5 Å². The maximum Gasteiger partial charge on any atom is 0.254 e. The summed E-state index contributed by atoms with van der Waals surface area (Å²) in [4.78, 5) is 23.8. The topological polar surface area (TPSA) is 70.2 Å². The summed E-state index contributed by atoms with van der Waals surface area (Å²) >= 11 is 0. The van der Waals surface area contributed by atoms with E-state index in [0.717, 1.165) is 19.4 Å². The second-order valence-corrected chi connectivity index (χ2v) is 5.60. The zero-order valence-corrected chi connectivity index (χ0v) is 12.7. The van der Waals surface area contributed by atoms with Crippen LogP contribution >= 0.6 is 0 Å². The van der Waals surface area contributed by atoms with E-state index in [9.17, 15) is 14.0 Å². The fraction of sp³-hybridized carbons (Fsp3) is 0.500. The SMILES string of the molecule is C[C@H]1C[C@@H](C(=O)NCCNC(=O)c2ccccc2F)CCN1. The lowest BCUT2D eigenvalue weighted by molar-refractivity contribution is -0.126. The van der Waals surface area contributed by atoms with Gasteiger partial charge in [0, 0.05) is 25.0 Å². The summed E-state index contributed by atoms with van der Waals surface area (Å²) in [5.41, 5.74) is 0.0148. The smallest absolute Gasteiger partial charge is 0.254 e. The molecular weight excluding hydrogens is 285 g/mol. The monoisotopic (exact) mass is 307 g/mol. The first-order valence-corrected chi connectivity index (χ1v) is 7.61. The van der Waals surface area contributed by atoms with Crippen molar-refractivity contribution in [3.63, 3.8) is 0 Å². The number of amides is 2. The number of piperidine rings is 1. The molecule has 1 heterocycles. The molecule has 120 valence electrons. The van der Waals surface area contributed by atoms with Crippen molar-refractivity contribution in [3.05, 3.63) is 35.6 Å². The van der Waals surface area contributed by atoms with Gasteiger partial charge >= 0.3 is 0 Å². The molecule has 6 heteroatoms. The van der Waals surface area contributed by atoms with Gasteiger partial charge in [-0.2, -0.15) is 0 Å². The summed E-state index contributed by atoms with van der Waals surface area (Å²) in [5, 5.41) is 8.72. The van der Waals surface area contributed by atoms with Gasteiger partial charge < -0.3 is 16.0 Å². The number of carbonyl (C=O) groups is 2. The van der Waals surface area contributed by atoms with Gasteiger partial charge in [0.1, 0.15) is 5.82 Å². The number of nitrogens with one attached hydrogen (secondary N) is 3. The van der Waals surface area contributed by atoms with Crippen molar-refractivity contribution in [2.45, 2.75) is 25.8 Å². The molecule has 1 aliphatic rings. The molecule has 0 radical (unpaired) electrons. The van der Waals surface area contributed by atoms with E-state index in [-0.39, 0.29) is 23.9 Å². The molecule has 2 amide bonds. The Morgan fingerprint density at radius 3 is 2.73 bits per heavy atom. The first-order valence-electron chi connectivity index (χ1n) is 7.61. The molecule has 2 atom stereocenters. The number of hydrogen-bond acceptors (Lipinski definition) is 3. The summed E-state index contributed by atoms with van der Waals surface area (Å²) in [6.45, 7) is 3.54. The molecule has 0 spiro atoms. The zero-order chi connectivity index (χ0) is 15.9. The highest BCUT2D eigenvalue weighted by Crippen LogP contribution is 2.15. The molecule has 0 bridgehead atoms. The number of rotatable bonds is 5. The molecule has 0 unspecified atom stereocenters.